The zero-order valence-corrected chi connectivity index (χ0v) is 12.0. The number of carboxylic acid groups (broad SMARTS) is 1. The Morgan fingerprint density at radius 1 is 1.44 bits per heavy atom. The van der Waals surface area contributed by atoms with E-state index in [4.69, 9.17) is 4.52 Å². The number of rotatable bonds is 4. The van der Waals surface area contributed by atoms with E-state index in [0.717, 1.165) is 25.7 Å². The summed E-state index contributed by atoms with van der Waals surface area (Å²) >= 11 is 0. The van der Waals surface area contributed by atoms with Crippen molar-refractivity contribution in [2.45, 2.75) is 63.6 Å². The van der Waals surface area contributed by atoms with Crippen LogP contribution >= 0.6 is 8.15 Å². The summed E-state index contributed by atoms with van der Waals surface area (Å²) in [6.07, 6.45) is 4.63. The second-order valence-electron chi connectivity index (χ2n) is 5.47. The molecule has 1 saturated heterocycles. The lowest BCUT2D eigenvalue weighted by Crippen LogP contribution is -2.29. The first-order valence-corrected chi connectivity index (χ1v) is 8.32. The molecule has 2 N–H and O–H groups in total. The molecular formula is C13H23O4P. The average molecular weight is 274 g/mol. The molecule has 0 radical (unpaired) electrons. The number of hydrogen-bond acceptors (Lipinski definition) is 3. The molecule has 5 unspecified atom stereocenters. The minimum Gasteiger partial charge on any atom is -0.481 e. The Bertz CT molecular complexity index is 309. The van der Waals surface area contributed by atoms with E-state index in [1.807, 2.05) is 6.92 Å². The monoisotopic (exact) mass is 274 g/mol. The summed E-state index contributed by atoms with van der Waals surface area (Å²) in [5.41, 5.74) is 0.482. The van der Waals surface area contributed by atoms with Crippen molar-refractivity contribution in [1.82, 2.24) is 0 Å². The maximum atomic E-state index is 11.2. The molecule has 0 aromatic heterocycles. The number of hydrogen-bond donors (Lipinski definition) is 2. The summed E-state index contributed by atoms with van der Waals surface area (Å²) in [5, 5.41) is 19.2. The first kappa shape index (κ1) is 14.2. The Kier molecular flexibility index (Phi) is 4.63. The number of aliphatic carboxylic acids is 1. The smallest absolute Gasteiger partial charge is 0.306 e. The fraction of sp³-hybridized carbons (Fsp3) is 0.923. The lowest BCUT2D eigenvalue weighted by atomic mass is 9.88. The van der Waals surface area contributed by atoms with Crippen LogP contribution in [0.15, 0.2) is 0 Å². The van der Waals surface area contributed by atoms with Crippen LogP contribution in [0.25, 0.3) is 0 Å². The van der Waals surface area contributed by atoms with E-state index in [-0.39, 0.29) is 17.5 Å². The lowest BCUT2D eigenvalue weighted by Gasteiger charge is -2.32. The first-order chi connectivity index (χ1) is 8.56. The summed E-state index contributed by atoms with van der Waals surface area (Å²) < 4.78 is 5.79. The third-order valence-electron chi connectivity index (χ3n) is 4.42. The number of fused-ring (bicyclic) bond motifs is 1. The van der Waals surface area contributed by atoms with Crippen molar-refractivity contribution in [1.29, 1.82) is 0 Å². The molecule has 0 amide bonds. The Balaban J connectivity index is 2.13. The quantitative estimate of drug-likeness (QED) is 0.774. The van der Waals surface area contributed by atoms with Gasteiger partial charge in [0, 0.05) is 25.4 Å². The summed E-state index contributed by atoms with van der Waals surface area (Å²) in [6.45, 7) is 3.79. The zero-order chi connectivity index (χ0) is 13.3. The molecule has 1 saturated carbocycles. The molecule has 2 rings (SSSR count). The minimum atomic E-state index is -0.808. The van der Waals surface area contributed by atoms with Crippen molar-refractivity contribution in [3.8, 4) is 0 Å². The van der Waals surface area contributed by atoms with E-state index in [9.17, 15) is 15.0 Å². The van der Waals surface area contributed by atoms with Crippen molar-refractivity contribution >= 4 is 14.1 Å². The minimum absolute atomic E-state index is 0.0697. The van der Waals surface area contributed by atoms with E-state index in [2.05, 4.69) is 0 Å². The molecule has 6 atom stereocenters. The summed E-state index contributed by atoms with van der Waals surface area (Å²) in [4.78, 5) is 11.2. The third kappa shape index (κ3) is 2.56. The summed E-state index contributed by atoms with van der Waals surface area (Å²) in [6, 6.07) is 0. The second-order valence-corrected chi connectivity index (χ2v) is 7.73. The van der Waals surface area contributed by atoms with Crippen molar-refractivity contribution in [2.75, 3.05) is 0 Å². The summed E-state index contributed by atoms with van der Waals surface area (Å²) in [7, 11) is -0.808. The topological polar surface area (TPSA) is 66.8 Å². The zero-order valence-electron chi connectivity index (χ0n) is 11.1. The van der Waals surface area contributed by atoms with Gasteiger partial charge in [0.15, 0.2) is 6.29 Å². The van der Waals surface area contributed by atoms with Crippen LogP contribution in [0.3, 0.4) is 0 Å². The van der Waals surface area contributed by atoms with Gasteiger partial charge in [-0.1, -0.05) is 26.7 Å². The van der Waals surface area contributed by atoms with Crippen molar-refractivity contribution in [3.05, 3.63) is 0 Å². The van der Waals surface area contributed by atoms with Crippen LogP contribution in [0, 0.1) is 11.8 Å². The van der Waals surface area contributed by atoms with Gasteiger partial charge in [-0.25, -0.2) is 0 Å². The maximum Gasteiger partial charge on any atom is 0.306 e. The van der Waals surface area contributed by atoms with E-state index in [1.165, 1.54) is 6.42 Å². The first-order valence-electron chi connectivity index (χ1n) is 6.92. The van der Waals surface area contributed by atoms with Gasteiger partial charge in [0.1, 0.15) is 0 Å². The molecule has 4 nitrogen and oxygen atoms in total. The molecule has 0 spiro atoms. The van der Waals surface area contributed by atoms with Crippen LogP contribution in [0.2, 0.25) is 0 Å². The van der Waals surface area contributed by atoms with Crippen LogP contribution in [-0.2, 0) is 9.32 Å². The fourth-order valence-corrected chi connectivity index (χ4v) is 6.56. The highest BCUT2D eigenvalue weighted by molar-refractivity contribution is 7.54. The van der Waals surface area contributed by atoms with Gasteiger partial charge < -0.3 is 14.7 Å². The van der Waals surface area contributed by atoms with E-state index in [0.29, 0.717) is 5.66 Å². The molecule has 1 aliphatic carbocycles. The van der Waals surface area contributed by atoms with Crippen molar-refractivity contribution in [2.24, 2.45) is 11.8 Å². The van der Waals surface area contributed by atoms with Gasteiger partial charge in [-0.05, 0) is 19.3 Å². The fourth-order valence-electron chi connectivity index (χ4n) is 3.31. The molecule has 18 heavy (non-hydrogen) atoms. The second kappa shape index (κ2) is 5.85. The summed E-state index contributed by atoms with van der Waals surface area (Å²) in [5.74, 6) is -0.879. The van der Waals surface area contributed by atoms with Crippen molar-refractivity contribution in [3.63, 3.8) is 0 Å². The molecule has 0 aromatic rings. The Morgan fingerprint density at radius 2 is 2.11 bits per heavy atom. The highest BCUT2D eigenvalue weighted by Crippen LogP contribution is 2.63. The van der Waals surface area contributed by atoms with E-state index < -0.39 is 20.4 Å². The van der Waals surface area contributed by atoms with Gasteiger partial charge in [-0.15, -0.1) is 0 Å². The molecule has 0 bridgehead atoms. The number of carboxylic acids is 1. The van der Waals surface area contributed by atoms with Crippen molar-refractivity contribution < 1.29 is 19.5 Å². The van der Waals surface area contributed by atoms with Gasteiger partial charge in [0.25, 0.3) is 0 Å². The van der Waals surface area contributed by atoms with Gasteiger partial charge in [-0.3, -0.25) is 4.79 Å². The highest BCUT2D eigenvalue weighted by atomic mass is 31.1. The largest absolute Gasteiger partial charge is 0.481 e. The van der Waals surface area contributed by atoms with Crippen LogP contribution in [0.5, 0.6) is 0 Å². The molecule has 1 heterocycles. The van der Waals surface area contributed by atoms with Gasteiger partial charge in [-0.2, -0.15) is 0 Å². The van der Waals surface area contributed by atoms with Crippen LogP contribution < -0.4 is 0 Å². The maximum absolute atomic E-state index is 11.2. The van der Waals surface area contributed by atoms with Crippen LogP contribution in [-0.4, -0.2) is 33.8 Å². The molecule has 104 valence electrons. The Morgan fingerprint density at radius 3 is 2.72 bits per heavy atom. The van der Waals surface area contributed by atoms with E-state index >= 15 is 0 Å². The number of carbonyl (C=O) groups is 1. The number of aliphatic hydroxyl groups excluding tert-OH is 1. The SMILES string of the molecule is CCC(C(C)C(=O)O)[P@@]1OC(O)C2CCCCC21. The predicted molar refractivity (Wildman–Crippen MR) is 70.6 cm³/mol. The molecule has 2 aliphatic rings. The number of aliphatic hydroxyl groups is 1. The van der Waals surface area contributed by atoms with Gasteiger partial charge >= 0.3 is 5.97 Å². The lowest BCUT2D eigenvalue weighted by molar-refractivity contribution is -0.141. The Hall–Kier alpha value is -0.180. The standard InChI is InChI=1S/C13H23O4P/c1-3-10(8(2)12(14)15)18-11-7-5-4-6-9(11)13(16)17-18/h8-11,13,16H,3-7H2,1-2H3,(H,14,15)/t8?,9?,10?,11?,13?,18-/m1/s1. The van der Waals surface area contributed by atoms with Crippen LogP contribution in [0.4, 0.5) is 0 Å². The molecule has 0 aromatic carbocycles. The normalized spacial score (nSPS) is 39.1. The van der Waals surface area contributed by atoms with Gasteiger partial charge in [0.05, 0.1) is 5.92 Å². The molecule has 2 fully saturated rings. The molecule has 1 aliphatic heterocycles. The average Bonchev–Trinajstić information content (AvgIpc) is 2.69. The third-order valence-corrected chi connectivity index (χ3v) is 7.64. The van der Waals surface area contributed by atoms with Gasteiger partial charge in [0.2, 0.25) is 0 Å². The Labute approximate surface area is 110 Å². The van der Waals surface area contributed by atoms with E-state index in [1.54, 1.807) is 6.92 Å². The van der Waals surface area contributed by atoms with Crippen LogP contribution in [0.1, 0.15) is 46.0 Å². The predicted octanol–water partition coefficient (Wildman–Crippen LogP) is 2.79. The highest BCUT2D eigenvalue weighted by Gasteiger charge is 2.49. The molecular weight excluding hydrogens is 251 g/mol. The molecule has 5 heteroatoms.